The molecule has 0 fully saturated rings. The van der Waals surface area contributed by atoms with Gasteiger partial charge in [0.1, 0.15) is 5.75 Å². The third kappa shape index (κ3) is 4.00. The van der Waals surface area contributed by atoms with Gasteiger partial charge in [0.15, 0.2) is 0 Å². The van der Waals surface area contributed by atoms with Gasteiger partial charge in [0, 0.05) is 11.4 Å². The van der Waals surface area contributed by atoms with Crippen molar-refractivity contribution in [3.8, 4) is 5.75 Å². The molecule has 0 aliphatic rings. The zero-order chi connectivity index (χ0) is 14.4. The first-order valence-electron chi connectivity index (χ1n) is 6.33. The lowest BCUT2D eigenvalue weighted by Gasteiger charge is -2.09. The van der Waals surface area contributed by atoms with E-state index >= 15 is 0 Å². The van der Waals surface area contributed by atoms with E-state index < -0.39 is 0 Å². The molecule has 0 aromatic heterocycles. The summed E-state index contributed by atoms with van der Waals surface area (Å²) in [7, 11) is 0. The van der Waals surface area contributed by atoms with Crippen LogP contribution in [0.3, 0.4) is 0 Å². The summed E-state index contributed by atoms with van der Waals surface area (Å²) in [5, 5.41) is 14.6. The molecular formula is C15H17N3O2. The molecule has 0 aliphatic heterocycles. The van der Waals surface area contributed by atoms with E-state index in [1.54, 1.807) is 12.1 Å². The first-order valence-corrected chi connectivity index (χ1v) is 6.33. The normalized spacial score (nSPS) is 10.1. The number of phenolic OH excluding ortho intramolecular Hbond substituents is 1. The molecule has 5 N–H and O–H groups in total. The van der Waals surface area contributed by atoms with E-state index in [9.17, 15) is 4.79 Å². The van der Waals surface area contributed by atoms with E-state index in [1.807, 2.05) is 24.3 Å². The number of nitrogens with two attached hydrogens (primary N) is 1. The van der Waals surface area contributed by atoms with Crippen LogP contribution in [0, 0.1) is 0 Å². The molecule has 20 heavy (non-hydrogen) atoms. The number of amides is 2. The molecule has 2 aromatic carbocycles. The Balaban J connectivity index is 1.97. The number of hydrogen-bond donors (Lipinski definition) is 4. The number of anilines is 2. The van der Waals surface area contributed by atoms with Gasteiger partial charge in [-0.05, 0) is 54.9 Å². The number of rotatable bonds is 4. The quantitative estimate of drug-likeness (QED) is 0.644. The third-order valence-electron chi connectivity index (χ3n) is 2.74. The van der Waals surface area contributed by atoms with Crippen LogP contribution in [0.1, 0.15) is 5.56 Å². The highest BCUT2D eigenvalue weighted by molar-refractivity contribution is 5.99. The number of aromatic hydroxyl groups is 1. The highest BCUT2D eigenvalue weighted by Crippen LogP contribution is 2.15. The van der Waals surface area contributed by atoms with Crippen molar-refractivity contribution >= 4 is 17.4 Å². The van der Waals surface area contributed by atoms with Crippen molar-refractivity contribution in [1.82, 2.24) is 0 Å². The summed E-state index contributed by atoms with van der Waals surface area (Å²) in [5.41, 5.74) is 7.91. The average Bonchev–Trinajstić information content (AvgIpc) is 2.42. The summed E-state index contributed by atoms with van der Waals surface area (Å²) < 4.78 is 0. The lowest BCUT2D eigenvalue weighted by Crippen LogP contribution is -2.19. The van der Waals surface area contributed by atoms with Crippen LogP contribution in [0.5, 0.6) is 5.75 Å². The molecule has 2 aromatic rings. The van der Waals surface area contributed by atoms with E-state index in [0.717, 1.165) is 12.0 Å². The molecule has 2 amide bonds. The van der Waals surface area contributed by atoms with Gasteiger partial charge in [0.25, 0.3) is 0 Å². The number of hydrogen-bond acceptors (Lipinski definition) is 3. The minimum absolute atomic E-state index is 0.158. The minimum atomic E-state index is -0.333. The predicted molar refractivity (Wildman–Crippen MR) is 79.9 cm³/mol. The van der Waals surface area contributed by atoms with Gasteiger partial charge >= 0.3 is 6.03 Å². The van der Waals surface area contributed by atoms with Crippen LogP contribution >= 0.6 is 0 Å². The van der Waals surface area contributed by atoms with Crippen molar-refractivity contribution in [3.05, 3.63) is 54.1 Å². The first-order chi connectivity index (χ1) is 9.67. The zero-order valence-corrected chi connectivity index (χ0v) is 11.0. The Hall–Kier alpha value is -2.53. The molecule has 5 heteroatoms. The van der Waals surface area contributed by atoms with Gasteiger partial charge in [-0.15, -0.1) is 0 Å². The Kier molecular flexibility index (Phi) is 4.57. The standard InChI is InChI=1S/C15H17N3O2/c16-9-8-11-2-1-3-13(10-11)18-15(20)17-12-4-6-14(19)7-5-12/h1-7,10,19H,8-9,16H2,(H2,17,18,20). The van der Waals surface area contributed by atoms with Crippen molar-refractivity contribution < 1.29 is 9.90 Å². The number of carbonyl (C=O) groups excluding carboxylic acids is 1. The molecular weight excluding hydrogens is 254 g/mol. The van der Waals surface area contributed by atoms with Crippen LogP contribution in [-0.2, 0) is 6.42 Å². The van der Waals surface area contributed by atoms with E-state index in [4.69, 9.17) is 10.8 Å². The second-order valence-electron chi connectivity index (χ2n) is 4.37. The maximum Gasteiger partial charge on any atom is 0.323 e. The summed E-state index contributed by atoms with van der Waals surface area (Å²) in [6.45, 7) is 0.573. The molecule has 0 saturated heterocycles. The third-order valence-corrected chi connectivity index (χ3v) is 2.74. The first kappa shape index (κ1) is 13.9. The topological polar surface area (TPSA) is 87.4 Å². The van der Waals surface area contributed by atoms with Gasteiger partial charge in [0.05, 0.1) is 0 Å². The van der Waals surface area contributed by atoms with E-state index in [0.29, 0.717) is 17.9 Å². The van der Waals surface area contributed by atoms with Crippen molar-refractivity contribution in [2.45, 2.75) is 6.42 Å². The van der Waals surface area contributed by atoms with Crippen LogP contribution in [0.4, 0.5) is 16.2 Å². The molecule has 104 valence electrons. The highest BCUT2D eigenvalue weighted by atomic mass is 16.3. The molecule has 2 rings (SSSR count). The smallest absolute Gasteiger partial charge is 0.323 e. The van der Waals surface area contributed by atoms with Crippen LogP contribution in [-0.4, -0.2) is 17.7 Å². The Morgan fingerprint density at radius 1 is 1.05 bits per heavy atom. The van der Waals surface area contributed by atoms with E-state index in [-0.39, 0.29) is 11.8 Å². The van der Waals surface area contributed by atoms with E-state index in [2.05, 4.69) is 10.6 Å². The highest BCUT2D eigenvalue weighted by Gasteiger charge is 2.03. The van der Waals surface area contributed by atoms with Crippen LogP contribution < -0.4 is 16.4 Å². The second-order valence-corrected chi connectivity index (χ2v) is 4.37. The van der Waals surface area contributed by atoms with Crippen molar-refractivity contribution in [2.24, 2.45) is 5.73 Å². The van der Waals surface area contributed by atoms with Crippen molar-refractivity contribution in [2.75, 3.05) is 17.2 Å². The fourth-order valence-electron chi connectivity index (χ4n) is 1.81. The van der Waals surface area contributed by atoms with Crippen LogP contribution in [0.2, 0.25) is 0 Å². The zero-order valence-electron chi connectivity index (χ0n) is 11.0. The second kappa shape index (κ2) is 6.58. The fourth-order valence-corrected chi connectivity index (χ4v) is 1.81. The maximum absolute atomic E-state index is 11.8. The maximum atomic E-state index is 11.8. The molecule has 5 nitrogen and oxygen atoms in total. The largest absolute Gasteiger partial charge is 0.508 e. The summed E-state index contributed by atoms with van der Waals surface area (Å²) in [6, 6.07) is 13.5. The van der Waals surface area contributed by atoms with Gasteiger partial charge in [-0.1, -0.05) is 12.1 Å². The molecule has 0 aliphatic carbocycles. The van der Waals surface area contributed by atoms with Crippen LogP contribution in [0.15, 0.2) is 48.5 Å². The minimum Gasteiger partial charge on any atom is -0.508 e. The number of benzene rings is 2. The summed E-state index contributed by atoms with van der Waals surface area (Å²) in [4.78, 5) is 11.8. The molecule has 0 saturated carbocycles. The molecule has 0 radical (unpaired) electrons. The average molecular weight is 271 g/mol. The molecule has 0 spiro atoms. The fraction of sp³-hybridized carbons (Fsp3) is 0.133. The summed E-state index contributed by atoms with van der Waals surface area (Å²) in [6.07, 6.45) is 0.773. The van der Waals surface area contributed by atoms with Crippen molar-refractivity contribution in [3.63, 3.8) is 0 Å². The Bertz CT molecular complexity index is 582. The van der Waals surface area contributed by atoms with Gasteiger partial charge in [0.2, 0.25) is 0 Å². The molecule has 0 bridgehead atoms. The van der Waals surface area contributed by atoms with Crippen molar-refractivity contribution in [1.29, 1.82) is 0 Å². The lowest BCUT2D eigenvalue weighted by molar-refractivity contribution is 0.262. The number of carbonyl (C=O) groups is 1. The molecule has 0 heterocycles. The van der Waals surface area contributed by atoms with Crippen LogP contribution in [0.25, 0.3) is 0 Å². The van der Waals surface area contributed by atoms with Gasteiger partial charge in [-0.3, -0.25) is 0 Å². The van der Waals surface area contributed by atoms with E-state index in [1.165, 1.54) is 12.1 Å². The van der Waals surface area contributed by atoms with Gasteiger partial charge < -0.3 is 21.5 Å². The summed E-state index contributed by atoms with van der Waals surface area (Å²) in [5.74, 6) is 0.158. The van der Waals surface area contributed by atoms with Gasteiger partial charge in [-0.2, -0.15) is 0 Å². The number of phenols is 1. The monoisotopic (exact) mass is 271 g/mol. The Morgan fingerprint density at radius 2 is 1.75 bits per heavy atom. The number of urea groups is 1. The number of nitrogens with one attached hydrogen (secondary N) is 2. The summed E-state index contributed by atoms with van der Waals surface area (Å²) >= 11 is 0. The lowest BCUT2D eigenvalue weighted by atomic mass is 10.1. The SMILES string of the molecule is NCCc1cccc(NC(=O)Nc2ccc(O)cc2)c1. The molecule has 0 unspecified atom stereocenters. The van der Waals surface area contributed by atoms with Gasteiger partial charge in [-0.25, -0.2) is 4.79 Å². The Morgan fingerprint density at radius 3 is 2.45 bits per heavy atom. The predicted octanol–water partition coefficient (Wildman–Crippen LogP) is 2.54. The molecule has 0 atom stereocenters. The Labute approximate surface area is 117 Å².